The Labute approximate surface area is 147 Å². The molecule has 0 radical (unpaired) electrons. The van der Waals surface area contributed by atoms with Gasteiger partial charge in [-0.2, -0.15) is 0 Å². The third-order valence-electron chi connectivity index (χ3n) is 3.32. The first kappa shape index (κ1) is 15.3. The minimum atomic E-state index is 0.417. The predicted octanol–water partition coefficient (Wildman–Crippen LogP) is 4.51. The molecular formula is C16H13ClIN3O. The number of hydrogen-bond donors (Lipinski definition) is 1. The topological polar surface area (TPSA) is 47.0 Å². The average molecular weight is 426 g/mol. The van der Waals surface area contributed by atoms with E-state index in [0.29, 0.717) is 11.7 Å². The summed E-state index contributed by atoms with van der Waals surface area (Å²) in [5.41, 5.74) is 1.14. The molecule has 0 aliphatic carbocycles. The number of anilines is 1. The van der Waals surface area contributed by atoms with Crippen LogP contribution in [0.3, 0.4) is 0 Å². The van der Waals surface area contributed by atoms with Gasteiger partial charge < -0.3 is 10.1 Å². The molecule has 6 heteroatoms. The molecule has 0 unspecified atom stereocenters. The van der Waals surface area contributed by atoms with Crippen molar-refractivity contribution >= 4 is 50.8 Å². The van der Waals surface area contributed by atoms with Crippen LogP contribution in [-0.2, 0) is 6.54 Å². The van der Waals surface area contributed by atoms with E-state index in [-0.39, 0.29) is 0 Å². The third kappa shape index (κ3) is 3.10. The Morgan fingerprint density at radius 3 is 2.64 bits per heavy atom. The summed E-state index contributed by atoms with van der Waals surface area (Å²) < 4.78 is 6.34. The summed E-state index contributed by atoms with van der Waals surface area (Å²) in [7, 11) is 1.67. The van der Waals surface area contributed by atoms with Crippen LogP contribution in [0.4, 0.5) is 5.82 Å². The summed E-state index contributed by atoms with van der Waals surface area (Å²) in [6, 6.07) is 13.9. The van der Waals surface area contributed by atoms with Crippen LogP contribution in [0, 0.1) is 3.57 Å². The van der Waals surface area contributed by atoms with E-state index in [4.69, 9.17) is 16.3 Å². The summed E-state index contributed by atoms with van der Waals surface area (Å²) >= 11 is 8.34. The number of nitrogens with one attached hydrogen (secondary N) is 1. The van der Waals surface area contributed by atoms with Crippen molar-refractivity contribution < 1.29 is 4.74 Å². The fourth-order valence-corrected chi connectivity index (χ4v) is 3.21. The van der Waals surface area contributed by atoms with Gasteiger partial charge >= 0.3 is 0 Å². The van der Waals surface area contributed by atoms with E-state index >= 15 is 0 Å². The highest BCUT2D eigenvalue weighted by Crippen LogP contribution is 2.26. The maximum atomic E-state index is 6.08. The molecule has 4 nitrogen and oxygen atoms in total. The standard InChI is InChI=1S/C16H13ClIN3O/c1-22-14-7-6-10(8-13(14)18)9-19-16-12-5-3-2-4-11(12)15(17)20-21-16/h2-8H,9H2,1H3,(H,19,21). The fourth-order valence-electron chi connectivity index (χ4n) is 2.21. The Morgan fingerprint density at radius 2 is 1.91 bits per heavy atom. The number of aromatic nitrogens is 2. The van der Waals surface area contributed by atoms with Crippen LogP contribution in [0.2, 0.25) is 5.15 Å². The van der Waals surface area contributed by atoms with Crippen molar-refractivity contribution in [3.8, 4) is 5.75 Å². The van der Waals surface area contributed by atoms with E-state index in [0.717, 1.165) is 31.5 Å². The van der Waals surface area contributed by atoms with E-state index in [1.807, 2.05) is 36.4 Å². The Balaban J connectivity index is 1.85. The molecule has 1 N–H and O–H groups in total. The molecule has 0 bridgehead atoms. The van der Waals surface area contributed by atoms with Gasteiger partial charge in [0.25, 0.3) is 0 Å². The van der Waals surface area contributed by atoms with Crippen molar-refractivity contribution in [1.29, 1.82) is 0 Å². The number of halogens is 2. The van der Waals surface area contributed by atoms with Gasteiger partial charge in [0, 0.05) is 17.3 Å². The second-order valence-electron chi connectivity index (χ2n) is 4.71. The molecule has 0 aliphatic rings. The normalized spacial score (nSPS) is 10.7. The quantitative estimate of drug-likeness (QED) is 0.625. The summed E-state index contributed by atoms with van der Waals surface area (Å²) in [4.78, 5) is 0. The zero-order valence-corrected chi connectivity index (χ0v) is 14.7. The van der Waals surface area contributed by atoms with Gasteiger partial charge in [-0.05, 0) is 40.3 Å². The largest absolute Gasteiger partial charge is 0.496 e. The highest BCUT2D eigenvalue weighted by molar-refractivity contribution is 14.1. The summed E-state index contributed by atoms with van der Waals surface area (Å²) in [5.74, 6) is 1.60. The maximum absolute atomic E-state index is 6.08. The van der Waals surface area contributed by atoms with Gasteiger partial charge in [0.2, 0.25) is 0 Å². The van der Waals surface area contributed by atoms with Gasteiger partial charge in [0.05, 0.1) is 10.7 Å². The van der Waals surface area contributed by atoms with E-state index in [2.05, 4.69) is 44.2 Å². The lowest BCUT2D eigenvalue weighted by atomic mass is 10.2. The van der Waals surface area contributed by atoms with Crippen molar-refractivity contribution in [3.63, 3.8) is 0 Å². The molecule has 0 atom stereocenters. The monoisotopic (exact) mass is 425 g/mol. The number of hydrogen-bond acceptors (Lipinski definition) is 4. The van der Waals surface area contributed by atoms with Crippen LogP contribution in [-0.4, -0.2) is 17.3 Å². The number of fused-ring (bicyclic) bond motifs is 1. The van der Waals surface area contributed by atoms with Crippen molar-refractivity contribution in [2.45, 2.75) is 6.54 Å². The third-order valence-corrected chi connectivity index (χ3v) is 4.44. The van der Waals surface area contributed by atoms with Crippen LogP contribution < -0.4 is 10.1 Å². The number of methoxy groups -OCH3 is 1. The van der Waals surface area contributed by atoms with Crippen molar-refractivity contribution in [1.82, 2.24) is 10.2 Å². The highest BCUT2D eigenvalue weighted by Gasteiger charge is 2.07. The molecule has 3 aromatic rings. The Bertz CT molecular complexity index is 826. The molecule has 112 valence electrons. The zero-order chi connectivity index (χ0) is 15.5. The molecule has 0 saturated heterocycles. The first-order chi connectivity index (χ1) is 10.7. The molecule has 1 aromatic heterocycles. The second-order valence-corrected chi connectivity index (χ2v) is 6.23. The van der Waals surface area contributed by atoms with Crippen LogP contribution in [0.15, 0.2) is 42.5 Å². The van der Waals surface area contributed by atoms with Gasteiger partial charge in [0.15, 0.2) is 11.0 Å². The highest BCUT2D eigenvalue weighted by atomic mass is 127. The van der Waals surface area contributed by atoms with Crippen molar-refractivity contribution in [2.24, 2.45) is 0 Å². The van der Waals surface area contributed by atoms with Crippen molar-refractivity contribution in [2.75, 3.05) is 12.4 Å². The fraction of sp³-hybridized carbons (Fsp3) is 0.125. The minimum Gasteiger partial charge on any atom is -0.496 e. The lowest BCUT2D eigenvalue weighted by molar-refractivity contribution is 0.411. The van der Waals surface area contributed by atoms with E-state index in [1.54, 1.807) is 7.11 Å². The number of ether oxygens (including phenoxy) is 1. The van der Waals surface area contributed by atoms with Crippen molar-refractivity contribution in [3.05, 3.63) is 56.8 Å². The maximum Gasteiger partial charge on any atom is 0.159 e. The van der Waals surface area contributed by atoms with Crippen LogP contribution in [0.5, 0.6) is 5.75 Å². The van der Waals surface area contributed by atoms with Gasteiger partial charge in [-0.3, -0.25) is 0 Å². The SMILES string of the molecule is COc1ccc(CNc2nnc(Cl)c3ccccc23)cc1I. The lowest BCUT2D eigenvalue weighted by Crippen LogP contribution is -2.04. The van der Waals surface area contributed by atoms with Gasteiger partial charge in [0.1, 0.15) is 5.75 Å². The smallest absolute Gasteiger partial charge is 0.159 e. The van der Waals surface area contributed by atoms with Crippen LogP contribution in [0.25, 0.3) is 10.8 Å². The zero-order valence-electron chi connectivity index (χ0n) is 11.8. The Morgan fingerprint density at radius 1 is 1.14 bits per heavy atom. The number of nitrogens with zero attached hydrogens (tertiary/aromatic N) is 2. The van der Waals surface area contributed by atoms with Crippen LogP contribution >= 0.6 is 34.2 Å². The molecule has 0 fully saturated rings. The molecule has 0 spiro atoms. The Hall–Kier alpha value is -1.60. The molecule has 3 rings (SSSR count). The van der Waals surface area contributed by atoms with Gasteiger partial charge in [-0.1, -0.05) is 41.9 Å². The molecule has 2 aromatic carbocycles. The average Bonchev–Trinajstić information content (AvgIpc) is 2.55. The van der Waals surface area contributed by atoms with E-state index in [1.165, 1.54) is 0 Å². The predicted molar refractivity (Wildman–Crippen MR) is 97.6 cm³/mol. The number of rotatable bonds is 4. The molecule has 22 heavy (non-hydrogen) atoms. The molecular weight excluding hydrogens is 413 g/mol. The minimum absolute atomic E-state index is 0.417. The Kier molecular flexibility index (Phi) is 4.63. The number of benzene rings is 2. The summed E-state index contributed by atoms with van der Waals surface area (Å²) in [6.07, 6.45) is 0. The summed E-state index contributed by atoms with van der Waals surface area (Å²) in [6.45, 7) is 0.653. The first-order valence-electron chi connectivity index (χ1n) is 6.66. The van der Waals surface area contributed by atoms with Gasteiger partial charge in [-0.25, -0.2) is 0 Å². The lowest BCUT2D eigenvalue weighted by Gasteiger charge is -2.10. The molecule has 0 amide bonds. The summed E-state index contributed by atoms with van der Waals surface area (Å²) in [5, 5.41) is 13.7. The van der Waals surface area contributed by atoms with E-state index in [9.17, 15) is 0 Å². The molecule has 1 heterocycles. The van der Waals surface area contributed by atoms with Gasteiger partial charge in [-0.15, -0.1) is 10.2 Å². The van der Waals surface area contributed by atoms with E-state index < -0.39 is 0 Å². The second kappa shape index (κ2) is 6.66. The van der Waals surface area contributed by atoms with Crippen LogP contribution in [0.1, 0.15) is 5.56 Å². The first-order valence-corrected chi connectivity index (χ1v) is 8.12. The molecule has 0 saturated carbocycles. The molecule has 0 aliphatic heterocycles.